The molecular formula is C12H14BF3O4S. The second kappa shape index (κ2) is 4.72. The van der Waals surface area contributed by atoms with E-state index in [0.29, 0.717) is 6.07 Å². The van der Waals surface area contributed by atoms with Crippen LogP contribution >= 0.6 is 0 Å². The lowest BCUT2D eigenvalue weighted by Gasteiger charge is -2.32. The highest BCUT2D eigenvalue weighted by atomic mass is 32.3. The fourth-order valence-corrected chi connectivity index (χ4v) is 2.42. The first-order chi connectivity index (χ1) is 9.35. The van der Waals surface area contributed by atoms with Crippen molar-refractivity contribution in [3.05, 3.63) is 23.8 Å². The molecule has 0 unspecified atom stereocenters. The van der Waals surface area contributed by atoms with Crippen LogP contribution in [0.1, 0.15) is 27.7 Å². The quantitative estimate of drug-likeness (QED) is 0.617. The van der Waals surface area contributed by atoms with E-state index in [1.165, 1.54) is 0 Å². The molecule has 9 heteroatoms. The molecule has 1 aromatic carbocycles. The molecular weight excluding hydrogens is 308 g/mol. The zero-order chi connectivity index (χ0) is 16.2. The number of benzene rings is 1. The van der Waals surface area contributed by atoms with E-state index in [-0.39, 0.29) is 11.5 Å². The summed E-state index contributed by atoms with van der Waals surface area (Å²) < 4.78 is 72.9. The predicted molar refractivity (Wildman–Crippen MR) is 70.4 cm³/mol. The van der Waals surface area contributed by atoms with Crippen LogP contribution in [0.2, 0.25) is 0 Å². The van der Waals surface area contributed by atoms with Crippen LogP contribution in [0, 0.1) is 11.6 Å². The van der Waals surface area contributed by atoms with Gasteiger partial charge in [0.1, 0.15) is 16.5 Å². The Morgan fingerprint density at radius 1 is 1.00 bits per heavy atom. The fourth-order valence-electron chi connectivity index (χ4n) is 1.88. The predicted octanol–water partition coefficient (Wildman–Crippen LogP) is 1.92. The van der Waals surface area contributed by atoms with E-state index in [0.717, 1.165) is 0 Å². The minimum absolute atomic E-state index is 0.283. The minimum atomic E-state index is -5.34. The average molecular weight is 322 g/mol. The Kier molecular flexibility index (Phi) is 3.67. The maximum Gasteiger partial charge on any atom is 0.497 e. The smallest absolute Gasteiger partial charge is 0.399 e. The van der Waals surface area contributed by atoms with Crippen molar-refractivity contribution in [3.8, 4) is 0 Å². The maximum absolute atomic E-state index is 14.0. The lowest BCUT2D eigenvalue weighted by atomic mass is 9.78. The molecule has 4 nitrogen and oxygen atoms in total. The summed E-state index contributed by atoms with van der Waals surface area (Å²) in [4.78, 5) is -1.35. The summed E-state index contributed by atoms with van der Waals surface area (Å²) in [6, 6.07) is 0.856. The molecule has 0 spiro atoms. The highest BCUT2D eigenvalue weighted by Crippen LogP contribution is 2.36. The maximum atomic E-state index is 14.0. The van der Waals surface area contributed by atoms with Crippen molar-refractivity contribution in [1.82, 2.24) is 0 Å². The standard InChI is InChI=1S/C12H14BF3O4S/c1-11(2)12(3,4)20-13(19-11)7-5-9(15)10(6-8(7)14)21(16,17)18/h5-6H,1-4H3. The van der Waals surface area contributed by atoms with Crippen molar-refractivity contribution in [2.45, 2.75) is 43.8 Å². The second-order valence-corrected chi connectivity index (χ2v) is 7.15. The van der Waals surface area contributed by atoms with Crippen molar-refractivity contribution in [2.24, 2.45) is 0 Å². The SMILES string of the molecule is CC1(C)OB(c2cc(F)c(S(=O)(=O)F)cc2F)OC1(C)C. The third-order valence-corrected chi connectivity index (χ3v) is 4.66. The average Bonchev–Trinajstić information content (AvgIpc) is 2.49. The first kappa shape index (κ1) is 16.3. The highest BCUT2D eigenvalue weighted by molar-refractivity contribution is 7.86. The van der Waals surface area contributed by atoms with Gasteiger partial charge in [0.05, 0.1) is 11.2 Å². The Morgan fingerprint density at radius 2 is 1.48 bits per heavy atom. The summed E-state index contributed by atoms with van der Waals surface area (Å²) in [6.07, 6.45) is 0. The molecule has 21 heavy (non-hydrogen) atoms. The lowest BCUT2D eigenvalue weighted by molar-refractivity contribution is 0.00578. The number of rotatable bonds is 2. The zero-order valence-corrected chi connectivity index (χ0v) is 12.7. The largest absolute Gasteiger partial charge is 0.497 e. The normalized spacial score (nSPS) is 20.8. The molecule has 1 saturated heterocycles. The first-order valence-corrected chi connectivity index (χ1v) is 7.53. The van der Waals surface area contributed by atoms with Gasteiger partial charge in [-0.25, -0.2) is 8.78 Å². The molecule has 0 bridgehead atoms. The molecule has 116 valence electrons. The Labute approximate surface area is 121 Å². The number of halogens is 3. The molecule has 1 heterocycles. The van der Waals surface area contributed by atoms with Crippen molar-refractivity contribution in [1.29, 1.82) is 0 Å². The van der Waals surface area contributed by atoms with E-state index in [2.05, 4.69) is 0 Å². The van der Waals surface area contributed by atoms with Gasteiger partial charge in [-0.3, -0.25) is 0 Å². The van der Waals surface area contributed by atoms with Gasteiger partial charge in [0, 0.05) is 5.46 Å². The molecule has 0 atom stereocenters. The number of hydrogen-bond acceptors (Lipinski definition) is 4. The monoisotopic (exact) mass is 322 g/mol. The van der Waals surface area contributed by atoms with Gasteiger partial charge in [-0.2, -0.15) is 8.42 Å². The molecule has 0 radical (unpaired) electrons. The van der Waals surface area contributed by atoms with Gasteiger partial charge in [-0.1, -0.05) is 0 Å². The van der Waals surface area contributed by atoms with Gasteiger partial charge in [0.25, 0.3) is 0 Å². The summed E-state index contributed by atoms with van der Waals surface area (Å²) in [5.41, 5.74) is -1.87. The van der Waals surface area contributed by atoms with Gasteiger partial charge in [0.2, 0.25) is 0 Å². The van der Waals surface area contributed by atoms with Crippen molar-refractivity contribution in [2.75, 3.05) is 0 Å². The lowest BCUT2D eigenvalue weighted by Crippen LogP contribution is -2.41. The third kappa shape index (κ3) is 2.82. The first-order valence-electron chi connectivity index (χ1n) is 6.14. The Balaban J connectivity index is 2.47. The Hall–Kier alpha value is -1.06. The summed E-state index contributed by atoms with van der Waals surface area (Å²) in [5, 5.41) is 0. The van der Waals surface area contributed by atoms with Crippen molar-refractivity contribution < 1.29 is 30.4 Å². The summed E-state index contributed by atoms with van der Waals surface area (Å²) >= 11 is 0. The van der Waals surface area contributed by atoms with Crippen LogP contribution in [0.5, 0.6) is 0 Å². The van der Waals surface area contributed by atoms with Gasteiger partial charge in [-0.15, -0.1) is 3.89 Å². The molecule has 0 N–H and O–H groups in total. The molecule has 1 fully saturated rings. The zero-order valence-electron chi connectivity index (χ0n) is 11.9. The van der Waals surface area contributed by atoms with Crippen LogP contribution in [0.4, 0.5) is 12.7 Å². The molecule has 0 amide bonds. The van der Waals surface area contributed by atoms with Gasteiger partial charge >= 0.3 is 17.3 Å². The van der Waals surface area contributed by atoms with E-state index >= 15 is 0 Å². The van der Waals surface area contributed by atoms with Crippen molar-refractivity contribution in [3.63, 3.8) is 0 Å². The summed E-state index contributed by atoms with van der Waals surface area (Å²) in [5.74, 6) is -2.52. The van der Waals surface area contributed by atoms with Gasteiger partial charge in [0.15, 0.2) is 0 Å². The Morgan fingerprint density at radius 3 is 1.90 bits per heavy atom. The third-order valence-electron chi connectivity index (χ3n) is 3.82. The number of hydrogen-bond donors (Lipinski definition) is 0. The van der Waals surface area contributed by atoms with Crippen LogP contribution in [0.15, 0.2) is 17.0 Å². The highest BCUT2D eigenvalue weighted by Gasteiger charge is 2.52. The molecule has 1 aliphatic heterocycles. The van der Waals surface area contributed by atoms with E-state index in [4.69, 9.17) is 9.31 Å². The van der Waals surface area contributed by atoms with E-state index in [1.807, 2.05) is 0 Å². The molecule has 0 aromatic heterocycles. The van der Waals surface area contributed by atoms with Crippen LogP contribution < -0.4 is 5.46 Å². The second-order valence-electron chi connectivity index (χ2n) is 5.83. The van der Waals surface area contributed by atoms with Crippen LogP contribution in [0.25, 0.3) is 0 Å². The topological polar surface area (TPSA) is 52.6 Å². The molecule has 0 saturated carbocycles. The van der Waals surface area contributed by atoms with E-state index < -0.39 is 45.1 Å². The van der Waals surface area contributed by atoms with E-state index in [9.17, 15) is 21.1 Å². The fraction of sp³-hybridized carbons (Fsp3) is 0.500. The van der Waals surface area contributed by atoms with Crippen LogP contribution in [0.3, 0.4) is 0 Å². The summed E-state index contributed by atoms with van der Waals surface area (Å²) in [7, 11) is -6.55. The summed E-state index contributed by atoms with van der Waals surface area (Å²) in [6.45, 7) is 6.90. The van der Waals surface area contributed by atoms with Crippen molar-refractivity contribution >= 4 is 22.8 Å². The van der Waals surface area contributed by atoms with Crippen LogP contribution in [-0.2, 0) is 19.5 Å². The van der Waals surface area contributed by atoms with Crippen LogP contribution in [-0.4, -0.2) is 26.7 Å². The van der Waals surface area contributed by atoms with Gasteiger partial charge < -0.3 is 9.31 Å². The molecule has 1 aliphatic rings. The molecule has 2 rings (SSSR count). The molecule has 0 aliphatic carbocycles. The minimum Gasteiger partial charge on any atom is -0.399 e. The van der Waals surface area contributed by atoms with Gasteiger partial charge in [-0.05, 0) is 39.8 Å². The van der Waals surface area contributed by atoms with E-state index in [1.54, 1.807) is 27.7 Å². The Bertz CT molecular complexity index is 672. The molecule has 1 aromatic rings.